The molecule has 1 N–H and O–H groups in total. The molecule has 0 radical (unpaired) electrons. The largest absolute Gasteiger partial charge is 0.490 e. The van der Waals surface area contributed by atoms with Crippen LogP contribution in [0.5, 0.6) is 5.75 Å². The molecule has 3 rings (SSSR count). The molecule has 1 aliphatic rings. The SMILES string of the molecule is CCC(c1ccccc1)C(O)c1ccc2c(c1)CC(C)O2. The van der Waals surface area contributed by atoms with E-state index in [1.54, 1.807) is 0 Å². The molecule has 1 aliphatic heterocycles. The van der Waals surface area contributed by atoms with Gasteiger partial charge in [0.1, 0.15) is 11.9 Å². The number of fused-ring (bicyclic) bond motifs is 1. The predicted octanol–water partition coefficient (Wildman–Crippen LogP) is 4.24. The molecule has 21 heavy (non-hydrogen) atoms. The van der Waals surface area contributed by atoms with E-state index >= 15 is 0 Å². The maximum atomic E-state index is 10.8. The van der Waals surface area contributed by atoms with Crippen molar-refractivity contribution in [2.75, 3.05) is 0 Å². The molecule has 0 amide bonds. The normalized spacial score (nSPS) is 19.7. The lowest BCUT2D eigenvalue weighted by Gasteiger charge is -2.23. The van der Waals surface area contributed by atoms with Crippen LogP contribution in [0.4, 0.5) is 0 Å². The zero-order valence-corrected chi connectivity index (χ0v) is 12.6. The summed E-state index contributed by atoms with van der Waals surface area (Å²) in [5.41, 5.74) is 3.39. The lowest BCUT2D eigenvalue weighted by molar-refractivity contribution is 0.142. The number of aliphatic hydroxyl groups is 1. The Hall–Kier alpha value is -1.80. The Morgan fingerprint density at radius 1 is 1.14 bits per heavy atom. The summed E-state index contributed by atoms with van der Waals surface area (Å²) >= 11 is 0. The van der Waals surface area contributed by atoms with Gasteiger partial charge in [-0.1, -0.05) is 43.3 Å². The fourth-order valence-electron chi connectivity index (χ4n) is 3.20. The van der Waals surface area contributed by atoms with Crippen LogP contribution in [0.3, 0.4) is 0 Å². The maximum absolute atomic E-state index is 10.8. The zero-order chi connectivity index (χ0) is 14.8. The van der Waals surface area contributed by atoms with Gasteiger partial charge in [-0.15, -0.1) is 0 Å². The number of aliphatic hydroxyl groups excluding tert-OH is 1. The molecule has 0 saturated heterocycles. The Morgan fingerprint density at radius 3 is 2.62 bits per heavy atom. The van der Waals surface area contributed by atoms with Gasteiger partial charge in [-0.3, -0.25) is 0 Å². The molecule has 0 saturated carbocycles. The van der Waals surface area contributed by atoms with E-state index in [4.69, 9.17) is 4.74 Å². The van der Waals surface area contributed by atoms with Crippen molar-refractivity contribution in [3.8, 4) is 5.75 Å². The molecule has 3 atom stereocenters. The third-order valence-electron chi connectivity index (χ3n) is 4.31. The van der Waals surface area contributed by atoms with Gasteiger partial charge in [0, 0.05) is 12.3 Å². The molecule has 0 bridgehead atoms. The Labute approximate surface area is 126 Å². The Balaban J connectivity index is 1.88. The van der Waals surface area contributed by atoms with Crippen molar-refractivity contribution in [1.82, 2.24) is 0 Å². The fourth-order valence-corrected chi connectivity index (χ4v) is 3.20. The first-order chi connectivity index (χ1) is 10.2. The van der Waals surface area contributed by atoms with Crippen LogP contribution in [0.15, 0.2) is 48.5 Å². The Bertz CT molecular complexity index is 606. The van der Waals surface area contributed by atoms with Gasteiger partial charge in [-0.25, -0.2) is 0 Å². The summed E-state index contributed by atoms with van der Waals surface area (Å²) < 4.78 is 5.73. The summed E-state index contributed by atoms with van der Waals surface area (Å²) in [6, 6.07) is 16.4. The third-order valence-corrected chi connectivity index (χ3v) is 4.31. The van der Waals surface area contributed by atoms with Crippen LogP contribution in [-0.4, -0.2) is 11.2 Å². The monoisotopic (exact) mass is 282 g/mol. The highest BCUT2D eigenvalue weighted by molar-refractivity contribution is 5.42. The molecule has 1 heterocycles. The summed E-state index contributed by atoms with van der Waals surface area (Å²) in [6.07, 6.45) is 1.61. The number of hydrogen-bond acceptors (Lipinski definition) is 2. The summed E-state index contributed by atoms with van der Waals surface area (Å²) in [7, 11) is 0. The van der Waals surface area contributed by atoms with E-state index in [-0.39, 0.29) is 12.0 Å². The van der Waals surface area contributed by atoms with Crippen LogP contribution in [0.1, 0.15) is 49.0 Å². The van der Waals surface area contributed by atoms with Crippen LogP contribution in [-0.2, 0) is 6.42 Å². The molecular formula is C19H22O2. The summed E-state index contributed by atoms with van der Waals surface area (Å²) in [5, 5.41) is 10.8. The van der Waals surface area contributed by atoms with Crippen LogP contribution in [0, 0.1) is 0 Å². The Morgan fingerprint density at radius 2 is 1.90 bits per heavy atom. The lowest BCUT2D eigenvalue weighted by atomic mass is 9.86. The van der Waals surface area contributed by atoms with Gasteiger partial charge in [0.2, 0.25) is 0 Å². The molecule has 3 unspecified atom stereocenters. The highest BCUT2D eigenvalue weighted by atomic mass is 16.5. The predicted molar refractivity (Wildman–Crippen MR) is 84.7 cm³/mol. The molecule has 2 heteroatoms. The van der Waals surface area contributed by atoms with Crippen molar-refractivity contribution in [3.05, 3.63) is 65.2 Å². The van der Waals surface area contributed by atoms with E-state index in [0.29, 0.717) is 0 Å². The second-order valence-corrected chi connectivity index (χ2v) is 5.87. The fraction of sp³-hybridized carbons (Fsp3) is 0.368. The van der Waals surface area contributed by atoms with E-state index in [9.17, 15) is 5.11 Å². The third kappa shape index (κ3) is 2.81. The van der Waals surface area contributed by atoms with E-state index in [1.165, 1.54) is 11.1 Å². The summed E-state index contributed by atoms with van der Waals surface area (Å²) in [4.78, 5) is 0. The summed E-state index contributed by atoms with van der Waals surface area (Å²) in [6.45, 7) is 4.20. The first-order valence-electron chi connectivity index (χ1n) is 7.71. The van der Waals surface area contributed by atoms with E-state index in [0.717, 1.165) is 24.2 Å². The second kappa shape index (κ2) is 5.90. The van der Waals surface area contributed by atoms with Gasteiger partial charge in [-0.2, -0.15) is 0 Å². The average molecular weight is 282 g/mol. The second-order valence-electron chi connectivity index (χ2n) is 5.87. The number of benzene rings is 2. The van der Waals surface area contributed by atoms with E-state index in [2.05, 4.69) is 32.0 Å². The minimum atomic E-state index is -0.474. The topological polar surface area (TPSA) is 29.5 Å². The highest BCUT2D eigenvalue weighted by Crippen LogP contribution is 2.37. The first-order valence-corrected chi connectivity index (χ1v) is 7.71. The van der Waals surface area contributed by atoms with Gasteiger partial charge in [0.05, 0.1) is 6.10 Å². The molecule has 2 nitrogen and oxygen atoms in total. The quantitative estimate of drug-likeness (QED) is 0.909. The van der Waals surface area contributed by atoms with Crippen LogP contribution in [0.2, 0.25) is 0 Å². The molecule has 2 aromatic carbocycles. The van der Waals surface area contributed by atoms with Gasteiger partial charge < -0.3 is 9.84 Å². The molecular weight excluding hydrogens is 260 g/mol. The molecule has 110 valence electrons. The molecule has 0 aliphatic carbocycles. The first kappa shape index (κ1) is 14.2. The van der Waals surface area contributed by atoms with Crippen molar-refractivity contribution >= 4 is 0 Å². The van der Waals surface area contributed by atoms with Crippen molar-refractivity contribution in [2.45, 2.75) is 44.8 Å². The minimum Gasteiger partial charge on any atom is -0.490 e. The van der Waals surface area contributed by atoms with Crippen molar-refractivity contribution in [2.24, 2.45) is 0 Å². The molecule has 0 aromatic heterocycles. The van der Waals surface area contributed by atoms with Gasteiger partial charge in [0.15, 0.2) is 0 Å². The van der Waals surface area contributed by atoms with Crippen molar-refractivity contribution in [1.29, 1.82) is 0 Å². The van der Waals surface area contributed by atoms with Gasteiger partial charge >= 0.3 is 0 Å². The van der Waals surface area contributed by atoms with Crippen LogP contribution >= 0.6 is 0 Å². The highest BCUT2D eigenvalue weighted by Gasteiger charge is 2.24. The van der Waals surface area contributed by atoms with Crippen molar-refractivity contribution < 1.29 is 9.84 Å². The zero-order valence-electron chi connectivity index (χ0n) is 12.6. The Kier molecular flexibility index (Phi) is 3.98. The van der Waals surface area contributed by atoms with Crippen molar-refractivity contribution in [3.63, 3.8) is 0 Å². The average Bonchev–Trinajstić information content (AvgIpc) is 2.88. The van der Waals surface area contributed by atoms with Gasteiger partial charge in [0.25, 0.3) is 0 Å². The smallest absolute Gasteiger partial charge is 0.123 e. The summed E-state index contributed by atoms with van der Waals surface area (Å²) in [5.74, 6) is 1.09. The number of hydrogen-bond donors (Lipinski definition) is 1. The van der Waals surface area contributed by atoms with E-state index in [1.807, 2.05) is 30.3 Å². The molecule has 0 spiro atoms. The van der Waals surface area contributed by atoms with Gasteiger partial charge in [-0.05, 0) is 42.2 Å². The van der Waals surface area contributed by atoms with E-state index < -0.39 is 6.10 Å². The molecule has 0 fully saturated rings. The number of ether oxygens (including phenoxy) is 1. The maximum Gasteiger partial charge on any atom is 0.123 e. The van der Waals surface area contributed by atoms with Crippen LogP contribution in [0.25, 0.3) is 0 Å². The lowest BCUT2D eigenvalue weighted by Crippen LogP contribution is -2.10. The van der Waals surface area contributed by atoms with Crippen LogP contribution < -0.4 is 4.74 Å². The number of rotatable bonds is 4. The minimum absolute atomic E-state index is 0.129. The molecule has 2 aromatic rings. The standard InChI is InChI=1S/C19H22O2/c1-3-17(14-7-5-4-6-8-14)19(20)15-9-10-18-16(12-15)11-13(2)21-18/h4-10,12-13,17,19-20H,3,11H2,1-2H3.